The lowest BCUT2D eigenvalue weighted by Gasteiger charge is -2.20. The van der Waals surface area contributed by atoms with Crippen LogP contribution in [0.3, 0.4) is 0 Å². The zero-order valence-electron chi connectivity index (χ0n) is 48.3. The first-order valence-corrected chi connectivity index (χ1v) is 29.5. The monoisotopic (exact) mass is 1150 g/mol. The Labute approximate surface area is 490 Å². The van der Waals surface area contributed by atoms with Crippen molar-refractivity contribution in [1.82, 2.24) is 10.6 Å². The Balaban J connectivity index is 0.799. The summed E-state index contributed by atoms with van der Waals surface area (Å²) in [5, 5.41) is 8.59. The number of methoxy groups -OCH3 is 3. The third kappa shape index (κ3) is 17.6. The second-order valence-electron chi connectivity index (χ2n) is 20.1. The van der Waals surface area contributed by atoms with E-state index in [1.54, 1.807) is 37.4 Å². The van der Waals surface area contributed by atoms with Gasteiger partial charge in [-0.2, -0.15) is 0 Å². The van der Waals surface area contributed by atoms with E-state index in [-0.39, 0.29) is 30.5 Å². The van der Waals surface area contributed by atoms with Gasteiger partial charge < -0.3 is 44.4 Å². The molecule has 83 heavy (non-hydrogen) atoms. The highest BCUT2D eigenvalue weighted by molar-refractivity contribution is 7.98. The van der Waals surface area contributed by atoms with Crippen molar-refractivity contribution < 1.29 is 52.4 Å². The lowest BCUT2D eigenvalue weighted by atomic mass is 9.88. The van der Waals surface area contributed by atoms with E-state index in [0.717, 1.165) is 66.5 Å². The maximum Gasteiger partial charge on any atom is 0.407 e. The summed E-state index contributed by atoms with van der Waals surface area (Å²) in [6, 6.07) is 40.4. The summed E-state index contributed by atoms with van der Waals surface area (Å²) in [5.74, 6) is 0.381. The normalized spacial score (nSPS) is 12.7. The number of hydrogen-bond donors (Lipinski definition) is 3. The number of thioether (sulfide) groups is 1. The van der Waals surface area contributed by atoms with Gasteiger partial charge >= 0.3 is 18.0 Å². The summed E-state index contributed by atoms with van der Waals surface area (Å²) in [4.78, 5) is 77.7. The van der Waals surface area contributed by atoms with Gasteiger partial charge in [0.15, 0.2) is 16.9 Å². The Hall–Kier alpha value is -8.37. The highest BCUT2D eigenvalue weighted by atomic mass is 32.2. The number of nitrogens with one attached hydrogen (secondary N) is 3. The third-order valence-electron chi connectivity index (χ3n) is 14.4. The predicted octanol–water partition coefficient (Wildman–Crippen LogP) is 13.0. The van der Waals surface area contributed by atoms with E-state index < -0.39 is 30.6 Å². The maximum atomic E-state index is 13.5. The molecule has 0 spiro atoms. The molecule has 0 fully saturated rings. The SMILES string of the molecule is CC/C(=C(\c1ccccc1)c1ccc(NC(=O)CCCCCCCCC(=O)OCCCc2cc(COC(=O)NCC(=O)N[C@H]3CCc4cc(OC)c(OC)c(OC)c4-c4ccc(SC)c(=O)cc43)ccc2OC(C)=O)cc1)c1ccccc1. The Morgan fingerprint density at radius 3 is 2.00 bits per heavy atom. The minimum atomic E-state index is -0.831. The zero-order valence-corrected chi connectivity index (χ0v) is 49.1. The molecule has 0 saturated carbocycles. The minimum absolute atomic E-state index is 0.0119. The molecule has 0 aliphatic heterocycles. The molecule has 6 aromatic rings. The quantitative estimate of drug-likeness (QED) is 0.0138. The summed E-state index contributed by atoms with van der Waals surface area (Å²) < 4.78 is 33.6. The standard InChI is InChI=1S/C67H75N3O12S/c1-7-52(46-21-14-12-15-22-46)63(47-23-16-13-17-24-47)48-29-32-51(33-30-48)69-60(73)26-18-10-8-9-11-19-27-62(75)80-38-20-25-49-39-45(28-36-57(49)82-44(2)71)43-81-67(76)68-42-61(74)70-55-35-31-50-40-58(77-3)65(78-4)66(79-5)64(50)53-34-37-59(83-6)56(72)41-54(53)55/h12-17,21-24,28-30,32-34,36-37,39-41,55H,7-11,18-20,25-27,31,35,38,42-43H2,1-6H3,(H,68,76)(H,69,73)(H,70,74)/b63-52-/t55-/m0/s1. The number of carbonyl (C=O) groups excluding carboxylic acids is 5. The number of alkyl carbamates (subject to hydrolysis) is 1. The van der Waals surface area contributed by atoms with Crippen LogP contribution in [0.15, 0.2) is 137 Å². The van der Waals surface area contributed by atoms with Gasteiger partial charge in [0.25, 0.3) is 0 Å². The zero-order chi connectivity index (χ0) is 59.1. The molecule has 1 atom stereocenters. The number of fused-ring (bicyclic) bond motifs is 3. The molecule has 16 heteroatoms. The second-order valence-corrected chi connectivity index (χ2v) is 20.9. The number of allylic oxidation sites excluding steroid dienone is 1. The molecule has 3 amide bonds. The smallest absolute Gasteiger partial charge is 0.407 e. The van der Waals surface area contributed by atoms with Gasteiger partial charge in [0, 0.05) is 31.0 Å². The van der Waals surface area contributed by atoms with Gasteiger partial charge in [0.1, 0.15) is 18.9 Å². The predicted molar refractivity (Wildman–Crippen MR) is 325 cm³/mol. The first kappa shape index (κ1) is 62.2. The van der Waals surface area contributed by atoms with E-state index >= 15 is 0 Å². The van der Waals surface area contributed by atoms with E-state index in [1.165, 1.54) is 49.6 Å². The summed E-state index contributed by atoms with van der Waals surface area (Å²) in [7, 11) is 4.60. The van der Waals surface area contributed by atoms with Crippen molar-refractivity contribution in [2.75, 3.05) is 46.1 Å². The Bertz CT molecular complexity index is 3300. The highest BCUT2D eigenvalue weighted by Gasteiger charge is 2.30. The maximum absolute atomic E-state index is 13.5. The van der Waals surface area contributed by atoms with E-state index in [9.17, 15) is 28.8 Å². The van der Waals surface area contributed by atoms with Crippen molar-refractivity contribution in [2.24, 2.45) is 0 Å². The van der Waals surface area contributed by atoms with E-state index in [2.05, 4.69) is 83.5 Å². The number of hydrogen-bond acceptors (Lipinski definition) is 13. The Morgan fingerprint density at radius 2 is 1.34 bits per heavy atom. The fourth-order valence-corrected chi connectivity index (χ4v) is 10.9. The minimum Gasteiger partial charge on any atom is -0.493 e. The number of carbonyl (C=O) groups is 5. The lowest BCUT2D eigenvalue weighted by molar-refractivity contribution is -0.144. The number of benzene rings is 5. The van der Waals surface area contributed by atoms with Crippen molar-refractivity contribution >= 4 is 58.4 Å². The number of ether oxygens (including phenoxy) is 6. The molecule has 0 unspecified atom stereocenters. The molecule has 0 bridgehead atoms. The molecule has 1 aliphatic rings. The molecule has 15 nitrogen and oxygen atoms in total. The van der Waals surface area contributed by atoms with Crippen molar-refractivity contribution in [1.29, 1.82) is 0 Å². The molecule has 0 saturated heterocycles. The molecular weight excluding hydrogens is 1070 g/mol. The van der Waals surface area contributed by atoms with Crippen LogP contribution in [0.4, 0.5) is 10.5 Å². The second kappa shape index (κ2) is 31.7. The Morgan fingerprint density at radius 1 is 0.663 bits per heavy atom. The summed E-state index contributed by atoms with van der Waals surface area (Å²) >= 11 is 1.32. The molecule has 0 heterocycles. The third-order valence-corrected chi connectivity index (χ3v) is 15.2. The van der Waals surface area contributed by atoms with Crippen LogP contribution >= 0.6 is 11.8 Å². The largest absolute Gasteiger partial charge is 0.493 e. The number of rotatable bonds is 28. The number of aryl methyl sites for hydroxylation is 2. The van der Waals surface area contributed by atoms with Crippen molar-refractivity contribution in [3.63, 3.8) is 0 Å². The summed E-state index contributed by atoms with van der Waals surface area (Å²) in [6.07, 6.45) is 9.58. The fourth-order valence-electron chi connectivity index (χ4n) is 10.4. The molecular formula is C67H75N3O12S. The molecule has 0 aromatic heterocycles. The van der Waals surface area contributed by atoms with Crippen LogP contribution in [0.25, 0.3) is 22.3 Å². The molecule has 0 radical (unpaired) electrons. The number of esters is 2. The van der Waals surface area contributed by atoms with E-state index in [4.69, 9.17) is 28.4 Å². The number of anilines is 1. The average molecular weight is 1150 g/mol. The summed E-state index contributed by atoms with van der Waals surface area (Å²) in [5.41, 5.74) is 10.6. The van der Waals surface area contributed by atoms with Gasteiger partial charge in [-0.15, -0.1) is 11.8 Å². The Kier molecular flexibility index (Phi) is 23.8. The van der Waals surface area contributed by atoms with Crippen LogP contribution in [0, 0.1) is 0 Å². The van der Waals surface area contributed by atoms with Crippen molar-refractivity contribution in [3.05, 3.63) is 177 Å². The molecule has 7 rings (SSSR count). The van der Waals surface area contributed by atoms with Crippen LogP contribution in [0.1, 0.15) is 129 Å². The van der Waals surface area contributed by atoms with Crippen LogP contribution in [0.5, 0.6) is 23.0 Å². The van der Waals surface area contributed by atoms with Gasteiger partial charge in [-0.05, 0) is 149 Å². The molecule has 436 valence electrons. The topological polar surface area (TPSA) is 194 Å². The van der Waals surface area contributed by atoms with Gasteiger partial charge in [-0.3, -0.25) is 24.0 Å². The molecule has 6 aromatic carbocycles. The van der Waals surface area contributed by atoms with E-state index in [1.807, 2.05) is 42.7 Å². The van der Waals surface area contributed by atoms with Crippen molar-refractivity contribution in [2.45, 2.75) is 115 Å². The van der Waals surface area contributed by atoms with Crippen LogP contribution in [-0.4, -0.2) is 70.6 Å². The molecule has 3 N–H and O–H groups in total. The first-order chi connectivity index (χ1) is 40.3. The van der Waals surface area contributed by atoms with E-state index in [0.29, 0.717) is 95.1 Å². The number of amides is 3. The number of unbranched alkanes of at least 4 members (excludes halogenated alkanes) is 5. The first-order valence-electron chi connectivity index (χ1n) is 28.3. The lowest BCUT2D eigenvalue weighted by Crippen LogP contribution is -2.39. The van der Waals surface area contributed by atoms with Crippen LogP contribution in [0.2, 0.25) is 0 Å². The average Bonchev–Trinajstić information content (AvgIpc) is 4.06. The van der Waals surface area contributed by atoms with Gasteiger partial charge in [0.05, 0.1) is 38.9 Å². The fraction of sp³-hybridized carbons (Fsp3) is 0.343. The van der Waals surface area contributed by atoms with Crippen LogP contribution in [-0.2, 0) is 48.1 Å². The molecule has 1 aliphatic carbocycles. The summed E-state index contributed by atoms with van der Waals surface area (Å²) in [6.45, 7) is 3.11. The van der Waals surface area contributed by atoms with Crippen molar-refractivity contribution in [3.8, 4) is 34.1 Å². The van der Waals surface area contributed by atoms with Gasteiger partial charge in [-0.25, -0.2) is 4.79 Å². The van der Waals surface area contributed by atoms with Crippen LogP contribution < -0.4 is 40.3 Å². The van der Waals surface area contributed by atoms with Gasteiger partial charge in [-0.1, -0.05) is 118 Å². The highest BCUT2D eigenvalue weighted by Crippen LogP contribution is 2.50. The van der Waals surface area contributed by atoms with Gasteiger partial charge in [0.2, 0.25) is 17.6 Å².